The van der Waals surface area contributed by atoms with Crippen molar-refractivity contribution in [3.8, 4) is 5.75 Å². The van der Waals surface area contributed by atoms with E-state index in [1.165, 1.54) is 7.11 Å². The summed E-state index contributed by atoms with van der Waals surface area (Å²) < 4.78 is 10.8. The topological polar surface area (TPSA) is 50.8 Å². The van der Waals surface area contributed by atoms with E-state index in [2.05, 4.69) is 10.2 Å². The summed E-state index contributed by atoms with van der Waals surface area (Å²) in [6.45, 7) is 5.13. The van der Waals surface area contributed by atoms with E-state index in [1.807, 2.05) is 38.4 Å². The maximum atomic E-state index is 12.0. The molecule has 0 unspecified atom stereocenters. The molecule has 5 heteroatoms. The summed E-state index contributed by atoms with van der Waals surface area (Å²) in [4.78, 5) is 14.1. The van der Waals surface area contributed by atoms with Crippen LogP contribution in [0.3, 0.4) is 0 Å². The first-order valence-electron chi connectivity index (χ1n) is 7.09. The number of hydrogen-bond donors (Lipinski definition) is 1. The molecule has 0 fully saturated rings. The van der Waals surface area contributed by atoms with E-state index in [0.717, 1.165) is 24.4 Å². The van der Waals surface area contributed by atoms with Crippen LogP contribution in [0.1, 0.15) is 20.3 Å². The molecule has 0 aliphatic carbocycles. The number of nitrogens with zero attached hydrogens (tertiary/aromatic N) is 1. The molecule has 0 aliphatic heterocycles. The highest BCUT2D eigenvalue weighted by Gasteiger charge is 2.26. The van der Waals surface area contributed by atoms with Gasteiger partial charge >= 0.3 is 0 Å². The van der Waals surface area contributed by atoms with E-state index in [1.54, 1.807) is 13.8 Å². The van der Waals surface area contributed by atoms with E-state index in [9.17, 15) is 4.79 Å². The van der Waals surface area contributed by atoms with E-state index in [-0.39, 0.29) is 5.91 Å². The highest BCUT2D eigenvalue weighted by molar-refractivity contribution is 5.96. The standard InChI is InChI=1S/C16H26N2O3/c1-16(2,20-5)15(19)17-13-7-9-14(10-8-13)21-12-6-11-18(3)4/h7-10H,6,11-12H2,1-5H3,(H,17,19). The fourth-order valence-electron chi connectivity index (χ4n) is 1.58. The van der Waals surface area contributed by atoms with E-state index in [4.69, 9.17) is 9.47 Å². The minimum Gasteiger partial charge on any atom is -0.494 e. The molecule has 1 rings (SSSR count). The second-order valence-electron chi connectivity index (χ2n) is 5.70. The van der Waals surface area contributed by atoms with Gasteiger partial charge in [-0.3, -0.25) is 4.79 Å². The Kier molecular flexibility index (Phi) is 6.65. The molecule has 1 aromatic carbocycles. The third-order valence-corrected chi connectivity index (χ3v) is 3.19. The first-order chi connectivity index (χ1) is 9.85. The Balaban J connectivity index is 2.45. The number of amides is 1. The monoisotopic (exact) mass is 294 g/mol. The van der Waals surface area contributed by atoms with Gasteiger partial charge in [0.15, 0.2) is 0 Å². The average Bonchev–Trinajstić information content (AvgIpc) is 2.45. The number of methoxy groups -OCH3 is 1. The minimum absolute atomic E-state index is 0.176. The second kappa shape index (κ2) is 8.00. The third kappa shape index (κ3) is 6.14. The van der Waals surface area contributed by atoms with Crippen LogP contribution < -0.4 is 10.1 Å². The van der Waals surface area contributed by atoms with Gasteiger partial charge in [0.05, 0.1) is 6.61 Å². The lowest BCUT2D eigenvalue weighted by Crippen LogP contribution is -2.38. The quantitative estimate of drug-likeness (QED) is 0.748. The number of nitrogens with one attached hydrogen (secondary N) is 1. The highest BCUT2D eigenvalue weighted by Crippen LogP contribution is 2.18. The molecular formula is C16H26N2O3. The van der Waals surface area contributed by atoms with Crippen molar-refractivity contribution in [2.75, 3.05) is 39.7 Å². The molecule has 0 bridgehead atoms. The summed E-state index contributed by atoms with van der Waals surface area (Å²) in [6, 6.07) is 7.35. The van der Waals surface area contributed by atoms with Crippen LogP contribution in [0.4, 0.5) is 5.69 Å². The van der Waals surface area contributed by atoms with Crippen molar-refractivity contribution in [1.29, 1.82) is 0 Å². The van der Waals surface area contributed by atoms with Gasteiger partial charge in [-0.2, -0.15) is 0 Å². The first-order valence-corrected chi connectivity index (χ1v) is 7.09. The largest absolute Gasteiger partial charge is 0.494 e. The zero-order valence-electron chi connectivity index (χ0n) is 13.6. The molecule has 0 aliphatic rings. The zero-order valence-corrected chi connectivity index (χ0v) is 13.6. The lowest BCUT2D eigenvalue weighted by atomic mass is 10.1. The SMILES string of the molecule is COC(C)(C)C(=O)Nc1ccc(OCCCN(C)C)cc1. The van der Waals surface area contributed by atoms with Gasteiger partial charge in [-0.25, -0.2) is 0 Å². The number of rotatable bonds is 8. The summed E-state index contributed by atoms with van der Waals surface area (Å²) in [5.41, 5.74) is -0.118. The summed E-state index contributed by atoms with van der Waals surface area (Å²) in [6.07, 6.45) is 0.980. The molecule has 21 heavy (non-hydrogen) atoms. The van der Waals surface area contributed by atoms with Crippen molar-refractivity contribution in [3.63, 3.8) is 0 Å². The van der Waals surface area contributed by atoms with Crippen LogP contribution in [0.25, 0.3) is 0 Å². The predicted octanol–water partition coefficient (Wildman–Crippen LogP) is 2.38. The van der Waals surface area contributed by atoms with Crippen LogP contribution in [0, 0.1) is 0 Å². The van der Waals surface area contributed by atoms with Crippen LogP contribution in [-0.4, -0.2) is 50.8 Å². The smallest absolute Gasteiger partial charge is 0.256 e. The summed E-state index contributed by atoms with van der Waals surface area (Å²) >= 11 is 0. The Labute approximate surface area is 127 Å². The van der Waals surface area contributed by atoms with E-state index in [0.29, 0.717) is 6.61 Å². The number of anilines is 1. The minimum atomic E-state index is -0.846. The van der Waals surface area contributed by atoms with Crippen LogP contribution in [0.15, 0.2) is 24.3 Å². The lowest BCUT2D eigenvalue weighted by Gasteiger charge is -2.21. The Morgan fingerprint density at radius 3 is 2.38 bits per heavy atom. The molecule has 0 heterocycles. The van der Waals surface area contributed by atoms with Gasteiger partial charge in [0.2, 0.25) is 0 Å². The zero-order chi connectivity index (χ0) is 15.9. The number of hydrogen-bond acceptors (Lipinski definition) is 4. The number of carbonyl (C=O) groups excluding carboxylic acids is 1. The molecule has 118 valence electrons. The van der Waals surface area contributed by atoms with Gasteiger partial charge in [-0.05, 0) is 58.6 Å². The predicted molar refractivity (Wildman–Crippen MR) is 84.8 cm³/mol. The van der Waals surface area contributed by atoms with E-state index < -0.39 is 5.60 Å². The maximum Gasteiger partial charge on any atom is 0.256 e. The second-order valence-corrected chi connectivity index (χ2v) is 5.70. The first kappa shape index (κ1) is 17.5. The Hall–Kier alpha value is -1.59. The summed E-state index contributed by atoms with van der Waals surface area (Å²) in [5.74, 6) is 0.627. The van der Waals surface area contributed by atoms with Crippen molar-refractivity contribution in [3.05, 3.63) is 24.3 Å². The number of benzene rings is 1. The molecule has 1 amide bonds. The van der Waals surface area contributed by atoms with E-state index >= 15 is 0 Å². The molecular weight excluding hydrogens is 268 g/mol. The normalized spacial score (nSPS) is 11.5. The van der Waals surface area contributed by atoms with Crippen LogP contribution in [0.2, 0.25) is 0 Å². The Bertz CT molecular complexity index is 441. The molecule has 0 aromatic heterocycles. The molecule has 5 nitrogen and oxygen atoms in total. The molecule has 0 atom stereocenters. The van der Waals surface area contributed by atoms with Gasteiger partial charge in [-0.15, -0.1) is 0 Å². The van der Waals surface area contributed by atoms with Crippen LogP contribution >= 0.6 is 0 Å². The fourth-order valence-corrected chi connectivity index (χ4v) is 1.58. The van der Waals surface area contributed by atoms with Gasteiger partial charge < -0.3 is 19.7 Å². The average molecular weight is 294 g/mol. The summed E-state index contributed by atoms with van der Waals surface area (Å²) in [5, 5.41) is 2.82. The molecule has 0 spiro atoms. The lowest BCUT2D eigenvalue weighted by molar-refractivity contribution is -0.133. The summed E-state index contributed by atoms with van der Waals surface area (Å²) in [7, 11) is 5.60. The van der Waals surface area contributed by atoms with Crippen molar-refractivity contribution < 1.29 is 14.3 Å². The molecule has 1 aromatic rings. The van der Waals surface area contributed by atoms with Gasteiger partial charge in [0.25, 0.3) is 5.91 Å². The number of ether oxygens (including phenoxy) is 2. The molecule has 1 N–H and O–H groups in total. The molecule has 0 saturated carbocycles. The Morgan fingerprint density at radius 2 is 1.86 bits per heavy atom. The van der Waals surface area contributed by atoms with Gasteiger partial charge in [0, 0.05) is 19.3 Å². The van der Waals surface area contributed by atoms with Gasteiger partial charge in [0.1, 0.15) is 11.4 Å². The van der Waals surface area contributed by atoms with Gasteiger partial charge in [-0.1, -0.05) is 0 Å². The Morgan fingerprint density at radius 1 is 1.24 bits per heavy atom. The van der Waals surface area contributed by atoms with Crippen LogP contribution in [0.5, 0.6) is 5.75 Å². The third-order valence-electron chi connectivity index (χ3n) is 3.19. The van der Waals surface area contributed by atoms with Crippen LogP contribution in [-0.2, 0) is 9.53 Å². The number of carbonyl (C=O) groups is 1. The van der Waals surface area contributed by atoms with Crippen molar-refractivity contribution in [2.24, 2.45) is 0 Å². The fraction of sp³-hybridized carbons (Fsp3) is 0.562. The molecule has 0 radical (unpaired) electrons. The highest BCUT2D eigenvalue weighted by atomic mass is 16.5. The molecule has 0 saturated heterocycles. The van der Waals surface area contributed by atoms with Crippen molar-refractivity contribution in [1.82, 2.24) is 4.90 Å². The van der Waals surface area contributed by atoms with Crippen molar-refractivity contribution in [2.45, 2.75) is 25.9 Å². The van der Waals surface area contributed by atoms with Crippen molar-refractivity contribution >= 4 is 11.6 Å². The maximum absolute atomic E-state index is 12.0.